The first-order valence-corrected chi connectivity index (χ1v) is 6.75. The highest BCUT2D eigenvalue weighted by molar-refractivity contribution is 5.79. The van der Waals surface area contributed by atoms with Crippen LogP contribution in [0.5, 0.6) is 0 Å². The van der Waals surface area contributed by atoms with E-state index in [0.29, 0.717) is 0 Å². The van der Waals surface area contributed by atoms with Gasteiger partial charge in [0, 0.05) is 32.5 Å². The van der Waals surface area contributed by atoms with E-state index in [1.165, 1.54) is 11.1 Å². The number of aromatic nitrogens is 2. The summed E-state index contributed by atoms with van der Waals surface area (Å²) in [5.41, 5.74) is 2.52. The molecule has 0 saturated carbocycles. The van der Waals surface area contributed by atoms with Crippen molar-refractivity contribution in [3.63, 3.8) is 0 Å². The minimum absolute atomic E-state index is 0.767. The molecule has 0 fully saturated rings. The molecular weight excluding hydrogens is 250 g/mol. The van der Waals surface area contributed by atoms with Crippen LogP contribution in [0.4, 0.5) is 0 Å². The number of guanidine groups is 1. The molecule has 0 saturated heterocycles. The van der Waals surface area contributed by atoms with Crippen molar-refractivity contribution >= 4 is 5.96 Å². The first-order valence-electron chi connectivity index (χ1n) is 6.75. The van der Waals surface area contributed by atoms with Crippen LogP contribution in [0, 0.1) is 6.92 Å². The van der Waals surface area contributed by atoms with Crippen LogP contribution in [0.1, 0.15) is 11.1 Å². The largest absolute Gasteiger partial charge is 0.355 e. The van der Waals surface area contributed by atoms with Gasteiger partial charge in [0.2, 0.25) is 0 Å². The molecule has 1 aromatic carbocycles. The van der Waals surface area contributed by atoms with Gasteiger partial charge in [-0.1, -0.05) is 29.8 Å². The van der Waals surface area contributed by atoms with E-state index in [4.69, 9.17) is 0 Å². The van der Waals surface area contributed by atoms with Crippen LogP contribution in [0.2, 0.25) is 0 Å². The third kappa shape index (κ3) is 4.42. The molecule has 1 heterocycles. The maximum atomic E-state index is 4.21. The van der Waals surface area contributed by atoms with Crippen LogP contribution < -0.4 is 10.6 Å². The van der Waals surface area contributed by atoms with Gasteiger partial charge in [-0.05, 0) is 18.6 Å². The first-order chi connectivity index (χ1) is 9.78. The molecular formula is C15H21N5. The Morgan fingerprint density at radius 3 is 2.90 bits per heavy atom. The van der Waals surface area contributed by atoms with E-state index in [1.807, 2.05) is 16.9 Å². The molecule has 0 aliphatic rings. The Kier molecular flexibility index (Phi) is 5.17. The Morgan fingerprint density at radius 1 is 1.30 bits per heavy atom. The summed E-state index contributed by atoms with van der Waals surface area (Å²) >= 11 is 0. The number of hydrogen-bond donors (Lipinski definition) is 2. The van der Waals surface area contributed by atoms with Crippen LogP contribution in [0.3, 0.4) is 0 Å². The van der Waals surface area contributed by atoms with E-state index in [9.17, 15) is 0 Å². The SMILES string of the molecule is CN=C(NCCn1cccn1)NCc1cccc(C)c1. The summed E-state index contributed by atoms with van der Waals surface area (Å²) in [4.78, 5) is 4.21. The Morgan fingerprint density at radius 2 is 2.20 bits per heavy atom. The lowest BCUT2D eigenvalue weighted by molar-refractivity contribution is 0.597. The zero-order valence-corrected chi connectivity index (χ0v) is 12.0. The molecule has 2 rings (SSSR count). The molecule has 0 unspecified atom stereocenters. The van der Waals surface area contributed by atoms with Gasteiger partial charge in [0.1, 0.15) is 0 Å². The molecule has 0 aliphatic carbocycles. The molecule has 2 aromatic rings. The van der Waals surface area contributed by atoms with Gasteiger partial charge < -0.3 is 10.6 Å². The normalized spacial score (nSPS) is 11.4. The van der Waals surface area contributed by atoms with Crippen LogP contribution in [0.25, 0.3) is 0 Å². The van der Waals surface area contributed by atoms with Gasteiger partial charge in [-0.2, -0.15) is 5.10 Å². The third-order valence-corrected chi connectivity index (χ3v) is 2.96. The maximum absolute atomic E-state index is 4.21. The lowest BCUT2D eigenvalue weighted by atomic mass is 10.1. The molecule has 2 N–H and O–H groups in total. The standard InChI is InChI=1S/C15H21N5/c1-13-5-3-6-14(11-13)12-18-15(16-2)17-8-10-20-9-4-7-19-20/h3-7,9,11H,8,10,12H2,1-2H3,(H2,16,17,18). The molecule has 1 aromatic heterocycles. The number of benzene rings is 1. The van der Waals surface area contributed by atoms with Gasteiger partial charge >= 0.3 is 0 Å². The molecule has 20 heavy (non-hydrogen) atoms. The van der Waals surface area contributed by atoms with E-state index < -0.39 is 0 Å². The van der Waals surface area contributed by atoms with Crippen molar-refractivity contribution in [2.24, 2.45) is 4.99 Å². The number of hydrogen-bond acceptors (Lipinski definition) is 2. The fourth-order valence-corrected chi connectivity index (χ4v) is 1.95. The van der Waals surface area contributed by atoms with Crippen molar-refractivity contribution in [1.82, 2.24) is 20.4 Å². The van der Waals surface area contributed by atoms with Gasteiger partial charge in [0.25, 0.3) is 0 Å². The highest BCUT2D eigenvalue weighted by Crippen LogP contribution is 2.02. The molecule has 0 bridgehead atoms. The minimum Gasteiger partial charge on any atom is -0.355 e. The molecule has 106 valence electrons. The van der Waals surface area contributed by atoms with E-state index in [2.05, 4.69) is 51.9 Å². The number of aliphatic imine (C=N–C) groups is 1. The average molecular weight is 271 g/mol. The minimum atomic E-state index is 0.767. The van der Waals surface area contributed by atoms with Crippen molar-refractivity contribution in [2.45, 2.75) is 20.0 Å². The lowest BCUT2D eigenvalue weighted by Crippen LogP contribution is -2.38. The third-order valence-electron chi connectivity index (χ3n) is 2.96. The predicted octanol–water partition coefficient (Wildman–Crippen LogP) is 1.56. The number of nitrogens with zero attached hydrogens (tertiary/aromatic N) is 3. The first kappa shape index (κ1) is 14.1. The number of nitrogens with one attached hydrogen (secondary N) is 2. The van der Waals surface area contributed by atoms with Crippen LogP contribution in [0.15, 0.2) is 47.7 Å². The quantitative estimate of drug-likeness (QED) is 0.641. The Hall–Kier alpha value is -2.30. The zero-order chi connectivity index (χ0) is 14.2. The summed E-state index contributed by atoms with van der Waals surface area (Å²) in [6, 6.07) is 10.4. The molecule has 0 radical (unpaired) electrons. The second-order valence-corrected chi connectivity index (χ2v) is 4.61. The predicted molar refractivity (Wildman–Crippen MR) is 81.6 cm³/mol. The van der Waals surface area contributed by atoms with Crippen molar-refractivity contribution in [3.05, 3.63) is 53.9 Å². The molecule has 0 atom stereocenters. The van der Waals surface area contributed by atoms with Crippen molar-refractivity contribution in [1.29, 1.82) is 0 Å². The van der Waals surface area contributed by atoms with Crippen LogP contribution in [-0.4, -0.2) is 29.3 Å². The monoisotopic (exact) mass is 271 g/mol. The summed E-state index contributed by atoms with van der Waals surface area (Å²) in [6.07, 6.45) is 3.73. The summed E-state index contributed by atoms with van der Waals surface area (Å²) in [5.74, 6) is 0.804. The van der Waals surface area contributed by atoms with Crippen molar-refractivity contribution in [2.75, 3.05) is 13.6 Å². The fourth-order valence-electron chi connectivity index (χ4n) is 1.95. The van der Waals surface area contributed by atoms with E-state index >= 15 is 0 Å². The maximum Gasteiger partial charge on any atom is 0.191 e. The smallest absolute Gasteiger partial charge is 0.191 e. The van der Waals surface area contributed by atoms with E-state index in [-0.39, 0.29) is 0 Å². The zero-order valence-electron chi connectivity index (χ0n) is 12.0. The number of aryl methyl sites for hydroxylation is 1. The van der Waals surface area contributed by atoms with Gasteiger partial charge in [-0.15, -0.1) is 0 Å². The van der Waals surface area contributed by atoms with Gasteiger partial charge in [0.05, 0.1) is 6.54 Å². The van der Waals surface area contributed by atoms with E-state index in [1.54, 1.807) is 13.2 Å². The Bertz CT molecular complexity index is 545. The topological polar surface area (TPSA) is 54.2 Å². The second kappa shape index (κ2) is 7.33. The highest BCUT2D eigenvalue weighted by atomic mass is 15.3. The van der Waals surface area contributed by atoms with Crippen LogP contribution in [-0.2, 0) is 13.1 Å². The lowest BCUT2D eigenvalue weighted by Gasteiger charge is -2.12. The van der Waals surface area contributed by atoms with E-state index in [0.717, 1.165) is 25.6 Å². The Balaban J connectivity index is 1.75. The summed E-state index contributed by atoms with van der Waals surface area (Å²) in [5, 5.41) is 10.7. The average Bonchev–Trinajstić information content (AvgIpc) is 2.96. The molecule has 5 nitrogen and oxygen atoms in total. The van der Waals surface area contributed by atoms with Crippen LogP contribution >= 0.6 is 0 Å². The second-order valence-electron chi connectivity index (χ2n) is 4.61. The molecule has 5 heteroatoms. The van der Waals surface area contributed by atoms with Gasteiger partial charge in [-0.3, -0.25) is 9.67 Å². The van der Waals surface area contributed by atoms with Crippen molar-refractivity contribution in [3.8, 4) is 0 Å². The summed E-state index contributed by atoms with van der Waals surface area (Å²) in [6.45, 7) is 4.47. The molecule has 0 spiro atoms. The summed E-state index contributed by atoms with van der Waals surface area (Å²) < 4.78 is 1.89. The molecule has 0 aliphatic heterocycles. The van der Waals surface area contributed by atoms with Gasteiger partial charge in [0.15, 0.2) is 5.96 Å². The van der Waals surface area contributed by atoms with Crippen molar-refractivity contribution < 1.29 is 0 Å². The number of rotatable bonds is 5. The molecule has 0 amide bonds. The fraction of sp³-hybridized carbons (Fsp3) is 0.333. The highest BCUT2D eigenvalue weighted by Gasteiger charge is 1.98. The summed E-state index contributed by atoms with van der Waals surface area (Å²) in [7, 11) is 1.78. The Labute approximate surface area is 119 Å². The van der Waals surface area contributed by atoms with Gasteiger partial charge in [-0.25, -0.2) is 0 Å².